The van der Waals surface area contributed by atoms with Crippen LogP contribution in [0.25, 0.3) is 0 Å². The zero-order chi connectivity index (χ0) is 12.8. The van der Waals surface area contributed by atoms with Crippen molar-refractivity contribution in [2.24, 2.45) is 17.3 Å². The van der Waals surface area contributed by atoms with Crippen molar-refractivity contribution in [1.82, 2.24) is 4.90 Å². The Labute approximate surface area is 111 Å². The predicted molar refractivity (Wildman–Crippen MR) is 73.4 cm³/mol. The second-order valence-electron chi connectivity index (χ2n) is 7.30. The van der Waals surface area contributed by atoms with Crippen LogP contribution in [0.1, 0.15) is 58.8 Å². The van der Waals surface area contributed by atoms with E-state index in [4.69, 9.17) is 0 Å². The van der Waals surface area contributed by atoms with Gasteiger partial charge >= 0.3 is 0 Å². The lowest BCUT2D eigenvalue weighted by molar-refractivity contribution is -0.137. The maximum absolute atomic E-state index is 12.6. The molecule has 4 rings (SSSR count). The lowest BCUT2D eigenvalue weighted by Crippen LogP contribution is -2.52. The van der Waals surface area contributed by atoms with Gasteiger partial charge in [0.2, 0.25) is 0 Å². The molecule has 102 valence electrons. The second kappa shape index (κ2) is 4.63. The van der Waals surface area contributed by atoms with Crippen LogP contribution in [0.15, 0.2) is 0 Å². The minimum atomic E-state index is 0.132. The van der Waals surface area contributed by atoms with Gasteiger partial charge in [-0.15, -0.1) is 0 Å². The van der Waals surface area contributed by atoms with Crippen LogP contribution < -0.4 is 0 Å². The Morgan fingerprint density at radius 2 is 1.72 bits per heavy atom. The topological polar surface area (TPSA) is 20.3 Å². The van der Waals surface area contributed by atoms with Crippen molar-refractivity contribution in [2.75, 3.05) is 13.1 Å². The molecule has 4 aliphatic rings. The number of carbonyl (C=O) groups excluding carboxylic acids is 1. The first-order valence-corrected chi connectivity index (χ1v) is 7.86. The summed E-state index contributed by atoms with van der Waals surface area (Å²) in [6.45, 7) is 6.81. The highest BCUT2D eigenvalue weighted by Gasteiger charge is 2.46. The number of ketones is 1. The Kier molecular flexibility index (Phi) is 3.25. The van der Waals surface area contributed by atoms with Crippen molar-refractivity contribution < 1.29 is 4.79 Å². The molecule has 3 aliphatic carbocycles. The number of hydrogen-bond acceptors (Lipinski definition) is 2. The Morgan fingerprint density at radius 1 is 1.17 bits per heavy atom. The van der Waals surface area contributed by atoms with E-state index in [0.29, 0.717) is 17.7 Å². The van der Waals surface area contributed by atoms with Gasteiger partial charge in [-0.2, -0.15) is 0 Å². The quantitative estimate of drug-likeness (QED) is 0.762. The highest BCUT2D eigenvalue weighted by molar-refractivity contribution is 5.85. The zero-order valence-corrected chi connectivity index (χ0v) is 12.0. The fourth-order valence-corrected chi connectivity index (χ4v) is 4.31. The summed E-state index contributed by atoms with van der Waals surface area (Å²) in [5.41, 5.74) is 0.132. The van der Waals surface area contributed by atoms with Gasteiger partial charge in [-0.1, -0.05) is 0 Å². The molecule has 0 aromatic carbocycles. The fraction of sp³-hybridized carbons (Fsp3) is 0.938. The van der Waals surface area contributed by atoms with Crippen LogP contribution >= 0.6 is 0 Å². The van der Waals surface area contributed by atoms with Gasteiger partial charge in [0.1, 0.15) is 5.78 Å². The number of hydrogen-bond donors (Lipinski definition) is 0. The molecular formula is C16H27NO. The Bertz CT molecular complexity index is 308. The molecular weight excluding hydrogens is 222 g/mol. The van der Waals surface area contributed by atoms with E-state index < -0.39 is 0 Å². The average molecular weight is 249 g/mol. The monoisotopic (exact) mass is 249 g/mol. The smallest absolute Gasteiger partial charge is 0.139 e. The first kappa shape index (κ1) is 12.7. The molecule has 0 aromatic rings. The van der Waals surface area contributed by atoms with Gasteiger partial charge in [-0.3, -0.25) is 4.79 Å². The number of Topliss-reactive ketones (excluding diaryl/α,β-unsaturated/α-hetero) is 1. The molecule has 2 heteroatoms. The summed E-state index contributed by atoms with van der Waals surface area (Å²) in [5.74, 6) is 2.24. The molecule has 0 unspecified atom stereocenters. The normalized spacial score (nSPS) is 36.9. The molecule has 0 radical (unpaired) electrons. The maximum Gasteiger partial charge on any atom is 0.139 e. The first-order chi connectivity index (χ1) is 8.59. The van der Waals surface area contributed by atoms with E-state index in [0.717, 1.165) is 25.4 Å². The molecule has 4 fully saturated rings. The summed E-state index contributed by atoms with van der Waals surface area (Å²) in [6.07, 6.45) is 8.47. The first-order valence-electron chi connectivity index (χ1n) is 7.86. The van der Waals surface area contributed by atoms with Crippen molar-refractivity contribution in [3.05, 3.63) is 0 Å². The van der Waals surface area contributed by atoms with Gasteiger partial charge in [0, 0.05) is 31.0 Å². The number of fused-ring (bicyclic) bond motifs is 3. The molecule has 0 amide bonds. The highest BCUT2D eigenvalue weighted by Crippen LogP contribution is 2.51. The van der Waals surface area contributed by atoms with Crippen LogP contribution in [0, 0.1) is 17.3 Å². The Balaban J connectivity index is 1.53. The molecule has 1 saturated heterocycles. The van der Waals surface area contributed by atoms with Crippen LogP contribution in [0.3, 0.4) is 0 Å². The Hall–Kier alpha value is -0.370. The van der Waals surface area contributed by atoms with Crippen molar-refractivity contribution in [2.45, 2.75) is 64.8 Å². The third kappa shape index (κ3) is 2.13. The molecule has 2 nitrogen and oxygen atoms in total. The second-order valence-corrected chi connectivity index (χ2v) is 7.30. The van der Waals surface area contributed by atoms with Crippen LogP contribution in [0.2, 0.25) is 0 Å². The number of likely N-dealkylation sites (tertiary alicyclic amines) is 1. The molecule has 0 N–H and O–H groups in total. The van der Waals surface area contributed by atoms with E-state index in [2.05, 4.69) is 18.7 Å². The van der Waals surface area contributed by atoms with E-state index in [1.54, 1.807) is 0 Å². The van der Waals surface area contributed by atoms with Crippen molar-refractivity contribution >= 4 is 5.78 Å². The van der Waals surface area contributed by atoms with E-state index in [1.807, 2.05) is 0 Å². The Morgan fingerprint density at radius 3 is 2.22 bits per heavy atom. The fourth-order valence-electron chi connectivity index (χ4n) is 4.31. The minimum Gasteiger partial charge on any atom is -0.300 e. The summed E-state index contributed by atoms with van der Waals surface area (Å²) in [6, 6.07) is 0.652. The van der Waals surface area contributed by atoms with Crippen molar-refractivity contribution in [1.29, 1.82) is 0 Å². The third-order valence-electron chi connectivity index (χ3n) is 5.87. The SMILES string of the molecule is CC(C)N1CC(CC(=O)C23CCC(CC2)CC3)C1. The van der Waals surface area contributed by atoms with Gasteiger partial charge in [-0.05, 0) is 64.2 Å². The number of nitrogens with zero attached hydrogens (tertiary/aromatic N) is 1. The molecule has 0 atom stereocenters. The van der Waals surface area contributed by atoms with E-state index in [9.17, 15) is 4.79 Å². The van der Waals surface area contributed by atoms with Crippen LogP contribution in [0.5, 0.6) is 0 Å². The lowest BCUT2D eigenvalue weighted by Gasteiger charge is -2.47. The molecule has 0 spiro atoms. The van der Waals surface area contributed by atoms with Gasteiger partial charge in [0.15, 0.2) is 0 Å². The summed E-state index contributed by atoms with van der Waals surface area (Å²) in [7, 11) is 0. The minimum absolute atomic E-state index is 0.132. The molecule has 2 bridgehead atoms. The standard InChI is InChI=1S/C16H27NO/c1-12(2)17-10-14(11-17)9-15(18)16-6-3-13(4-7-16)5-8-16/h12-14H,3-11H2,1-2H3. The summed E-state index contributed by atoms with van der Waals surface area (Å²) >= 11 is 0. The van der Waals surface area contributed by atoms with Crippen LogP contribution in [-0.4, -0.2) is 29.8 Å². The molecule has 1 aliphatic heterocycles. The maximum atomic E-state index is 12.6. The van der Waals surface area contributed by atoms with Crippen LogP contribution in [-0.2, 0) is 4.79 Å². The molecule has 3 saturated carbocycles. The number of carbonyl (C=O) groups is 1. The van der Waals surface area contributed by atoms with Gasteiger partial charge < -0.3 is 4.90 Å². The van der Waals surface area contributed by atoms with Gasteiger partial charge in [0.25, 0.3) is 0 Å². The van der Waals surface area contributed by atoms with Crippen molar-refractivity contribution in [3.8, 4) is 0 Å². The predicted octanol–water partition coefficient (Wildman–Crippen LogP) is 3.26. The third-order valence-corrected chi connectivity index (χ3v) is 5.87. The van der Waals surface area contributed by atoms with Gasteiger partial charge in [-0.25, -0.2) is 0 Å². The van der Waals surface area contributed by atoms with Crippen LogP contribution in [0.4, 0.5) is 0 Å². The van der Waals surface area contributed by atoms with E-state index in [-0.39, 0.29) is 5.41 Å². The van der Waals surface area contributed by atoms with E-state index in [1.165, 1.54) is 38.5 Å². The molecule has 18 heavy (non-hydrogen) atoms. The highest BCUT2D eigenvalue weighted by atomic mass is 16.1. The zero-order valence-electron chi connectivity index (χ0n) is 12.0. The molecule has 0 aromatic heterocycles. The molecule has 1 heterocycles. The summed E-state index contributed by atoms with van der Waals surface area (Å²) in [5, 5.41) is 0. The van der Waals surface area contributed by atoms with Crippen molar-refractivity contribution in [3.63, 3.8) is 0 Å². The van der Waals surface area contributed by atoms with Gasteiger partial charge in [0.05, 0.1) is 0 Å². The average Bonchev–Trinajstić information content (AvgIpc) is 2.34. The number of rotatable bonds is 4. The largest absolute Gasteiger partial charge is 0.300 e. The summed E-state index contributed by atoms with van der Waals surface area (Å²) < 4.78 is 0. The lowest BCUT2D eigenvalue weighted by atomic mass is 9.58. The van der Waals surface area contributed by atoms with E-state index >= 15 is 0 Å². The summed E-state index contributed by atoms with van der Waals surface area (Å²) in [4.78, 5) is 15.1.